The molecule has 3 aromatic rings. The molecule has 4 unspecified atom stereocenters. The van der Waals surface area contributed by atoms with Gasteiger partial charge in [0.15, 0.2) is 0 Å². The number of hydrogen-bond acceptors (Lipinski definition) is 4. The van der Waals surface area contributed by atoms with Crippen molar-refractivity contribution in [2.75, 3.05) is 13.1 Å². The average Bonchev–Trinajstić information content (AvgIpc) is 3.49. The number of aryl methyl sites for hydroxylation is 2. The molecule has 2 amide bonds. The van der Waals surface area contributed by atoms with Crippen LogP contribution < -0.4 is 5.32 Å². The Labute approximate surface area is 219 Å². The number of fused-ring (bicyclic) bond motifs is 1. The molecule has 182 valence electrons. The zero-order valence-corrected chi connectivity index (χ0v) is 22.7. The fourth-order valence-electron chi connectivity index (χ4n) is 5.86. The minimum Gasteiger partial charge on any atom is -0.350 e. The van der Waals surface area contributed by atoms with E-state index >= 15 is 0 Å². The molecule has 5 nitrogen and oxygen atoms in total. The maximum absolute atomic E-state index is 14.0. The largest absolute Gasteiger partial charge is 0.350 e. The lowest BCUT2D eigenvalue weighted by molar-refractivity contribution is 0.0692. The van der Waals surface area contributed by atoms with Crippen LogP contribution in [-0.4, -0.2) is 40.8 Å². The maximum Gasteiger partial charge on any atom is 0.274 e. The number of thiazole rings is 1. The van der Waals surface area contributed by atoms with E-state index in [1.165, 1.54) is 0 Å². The summed E-state index contributed by atoms with van der Waals surface area (Å²) in [7, 11) is 0. The van der Waals surface area contributed by atoms with Gasteiger partial charge >= 0.3 is 0 Å². The van der Waals surface area contributed by atoms with Crippen LogP contribution in [0.25, 0.3) is 10.4 Å². The van der Waals surface area contributed by atoms with E-state index in [0.717, 1.165) is 44.9 Å². The smallest absolute Gasteiger partial charge is 0.274 e. The lowest BCUT2D eigenvalue weighted by Crippen LogP contribution is -2.46. The minimum absolute atomic E-state index is 0.0189. The summed E-state index contributed by atoms with van der Waals surface area (Å²) in [6.07, 6.45) is 2.22. The summed E-state index contributed by atoms with van der Waals surface area (Å²) < 4.78 is 0.870. The van der Waals surface area contributed by atoms with E-state index in [1.807, 2.05) is 48.2 Å². The Kier molecular flexibility index (Phi) is 6.82. The summed E-state index contributed by atoms with van der Waals surface area (Å²) in [4.78, 5) is 34.5. The molecular formula is C28H30BrN3O2S. The summed E-state index contributed by atoms with van der Waals surface area (Å²) in [5.74, 6) is 1.39. The van der Waals surface area contributed by atoms with E-state index in [2.05, 4.69) is 47.2 Å². The molecule has 1 saturated carbocycles. The summed E-state index contributed by atoms with van der Waals surface area (Å²) in [6, 6.07) is 15.6. The Morgan fingerprint density at radius 2 is 1.94 bits per heavy atom. The van der Waals surface area contributed by atoms with Gasteiger partial charge in [0.2, 0.25) is 0 Å². The van der Waals surface area contributed by atoms with Crippen molar-refractivity contribution >= 4 is 39.1 Å². The van der Waals surface area contributed by atoms with Crippen LogP contribution in [0.3, 0.4) is 0 Å². The third-order valence-corrected chi connectivity index (χ3v) is 8.86. The van der Waals surface area contributed by atoms with E-state index in [4.69, 9.17) is 4.98 Å². The maximum atomic E-state index is 14.0. The van der Waals surface area contributed by atoms with Crippen molar-refractivity contribution in [1.82, 2.24) is 15.2 Å². The zero-order valence-electron chi connectivity index (χ0n) is 20.3. The predicted octanol–water partition coefficient (Wildman–Crippen LogP) is 6.11. The van der Waals surface area contributed by atoms with Crippen molar-refractivity contribution in [2.24, 2.45) is 17.8 Å². The van der Waals surface area contributed by atoms with Crippen LogP contribution >= 0.6 is 27.3 Å². The molecule has 5 rings (SSSR count). The molecule has 35 heavy (non-hydrogen) atoms. The van der Waals surface area contributed by atoms with Crippen LogP contribution in [0.4, 0.5) is 0 Å². The van der Waals surface area contributed by atoms with Gasteiger partial charge in [0.1, 0.15) is 5.69 Å². The molecule has 2 fully saturated rings. The van der Waals surface area contributed by atoms with E-state index in [-0.39, 0.29) is 17.9 Å². The van der Waals surface area contributed by atoms with Gasteiger partial charge in [-0.05, 0) is 68.2 Å². The number of hydrogen-bond donors (Lipinski definition) is 1. The summed E-state index contributed by atoms with van der Waals surface area (Å²) >= 11 is 5.01. The van der Waals surface area contributed by atoms with Crippen LogP contribution in [0.5, 0.6) is 0 Å². The Morgan fingerprint density at radius 1 is 1.14 bits per heavy atom. The molecule has 0 radical (unpaired) electrons. The van der Waals surface area contributed by atoms with Crippen LogP contribution in [0.1, 0.15) is 51.2 Å². The Hall–Kier alpha value is -2.51. The Bertz CT molecular complexity index is 1270. The first kappa shape index (κ1) is 24.2. The normalized spacial score (nSPS) is 23.4. The second kappa shape index (κ2) is 9.86. The van der Waals surface area contributed by atoms with Gasteiger partial charge in [-0.3, -0.25) is 9.59 Å². The number of halogens is 1. The molecule has 1 aliphatic heterocycles. The second-order valence-corrected chi connectivity index (χ2v) is 12.1. The number of carbonyl (C=O) groups is 2. The lowest BCUT2D eigenvalue weighted by Gasteiger charge is -2.28. The molecule has 1 N–H and O–H groups in total. The van der Waals surface area contributed by atoms with Gasteiger partial charge in [-0.25, -0.2) is 4.98 Å². The molecule has 0 spiro atoms. The number of likely N-dealkylation sites (tertiary alicyclic amines) is 1. The highest BCUT2D eigenvalue weighted by atomic mass is 79.9. The predicted molar refractivity (Wildman–Crippen MR) is 144 cm³/mol. The van der Waals surface area contributed by atoms with Crippen molar-refractivity contribution in [3.8, 4) is 10.4 Å². The topological polar surface area (TPSA) is 62.3 Å². The number of aromatic nitrogens is 1. The van der Waals surface area contributed by atoms with Gasteiger partial charge in [-0.2, -0.15) is 0 Å². The third-order valence-electron chi connectivity index (χ3n) is 7.35. The summed E-state index contributed by atoms with van der Waals surface area (Å²) in [5.41, 5.74) is 3.34. The highest BCUT2D eigenvalue weighted by Crippen LogP contribution is 2.46. The fourth-order valence-corrected chi connectivity index (χ4v) is 7.17. The van der Waals surface area contributed by atoms with Crippen LogP contribution in [0.2, 0.25) is 0 Å². The first-order valence-electron chi connectivity index (χ1n) is 12.2. The zero-order chi connectivity index (χ0) is 24.7. The molecule has 1 saturated heterocycles. The number of amides is 2. The van der Waals surface area contributed by atoms with E-state index in [9.17, 15) is 9.59 Å². The quantitative estimate of drug-likeness (QED) is 0.416. The summed E-state index contributed by atoms with van der Waals surface area (Å²) in [5, 5.41) is 4.01. The number of rotatable bonds is 5. The third kappa shape index (κ3) is 4.94. The number of nitrogens with zero attached hydrogens (tertiary/aromatic N) is 2. The first-order valence-corrected chi connectivity index (χ1v) is 13.8. The van der Waals surface area contributed by atoms with E-state index in [0.29, 0.717) is 35.6 Å². The molecule has 2 heterocycles. The molecule has 0 bridgehead atoms. The average molecular weight is 553 g/mol. The minimum atomic E-state index is -0.113. The van der Waals surface area contributed by atoms with Crippen molar-refractivity contribution in [3.63, 3.8) is 0 Å². The number of benzene rings is 2. The molecule has 2 aromatic carbocycles. The number of nitrogens with one attached hydrogen (secondary N) is 1. The van der Waals surface area contributed by atoms with Gasteiger partial charge in [0, 0.05) is 23.1 Å². The van der Waals surface area contributed by atoms with Crippen molar-refractivity contribution in [2.45, 2.75) is 39.7 Å². The fraction of sp³-hybridized carbons (Fsp3) is 0.393. The Balaban J connectivity index is 1.41. The lowest BCUT2D eigenvalue weighted by atomic mass is 9.93. The van der Waals surface area contributed by atoms with Crippen LogP contribution in [-0.2, 0) is 0 Å². The highest BCUT2D eigenvalue weighted by Gasteiger charge is 2.48. The van der Waals surface area contributed by atoms with Gasteiger partial charge in [0.05, 0.1) is 15.9 Å². The van der Waals surface area contributed by atoms with Crippen LogP contribution in [0, 0.1) is 31.6 Å². The molecule has 2 aliphatic rings. The Morgan fingerprint density at radius 3 is 2.71 bits per heavy atom. The molecule has 1 aliphatic carbocycles. The van der Waals surface area contributed by atoms with E-state index < -0.39 is 0 Å². The van der Waals surface area contributed by atoms with E-state index in [1.54, 1.807) is 11.3 Å². The van der Waals surface area contributed by atoms with Gasteiger partial charge < -0.3 is 10.2 Å². The first-order chi connectivity index (χ1) is 16.8. The molecular weight excluding hydrogens is 522 g/mol. The van der Waals surface area contributed by atoms with Crippen molar-refractivity contribution in [1.29, 1.82) is 0 Å². The second-order valence-electron chi connectivity index (χ2n) is 10.0. The SMILES string of the molecule is Cc1cccc(-c2sc(C)nc2C(=O)N2CC3CC(C)CC3C2CNC(=O)c2cccc(Br)c2)c1. The van der Waals surface area contributed by atoms with Crippen molar-refractivity contribution in [3.05, 3.63) is 74.8 Å². The van der Waals surface area contributed by atoms with Gasteiger partial charge in [-0.15, -0.1) is 11.3 Å². The molecule has 7 heteroatoms. The van der Waals surface area contributed by atoms with Gasteiger partial charge in [0.25, 0.3) is 11.8 Å². The number of carbonyl (C=O) groups excluding carboxylic acids is 2. The standard InChI is InChI=1S/C28H30BrN3O2S/c1-16-6-4-7-19(10-16)26-25(31-18(3)35-26)28(34)32-15-21-11-17(2)12-23(21)24(32)14-30-27(33)20-8-5-9-22(29)13-20/h4-10,13,17,21,23-24H,11-12,14-15H2,1-3H3,(H,30,33). The monoisotopic (exact) mass is 551 g/mol. The van der Waals surface area contributed by atoms with Crippen molar-refractivity contribution < 1.29 is 9.59 Å². The highest BCUT2D eigenvalue weighted by molar-refractivity contribution is 9.10. The van der Waals surface area contributed by atoms with Gasteiger partial charge in [-0.1, -0.05) is 58.7 Å². The molecule has 4 atom stereocenters. The van der Waals surface area contributed by atoms with Crippen LogP contribution in [0.15, 0.2) is 53.0 Å². The summed E-state index contributed by atoms with van der Waals surface area (Å²) in [6.45, 7) is 7.49. The molecule has 1 aromatic heterocycles.